The van der Waals surface area contributed by atoms with Crippen LogP contribution < -0.4 is 5.32 Å². The van der Waals surface area contributed by atoms with Crippen molar-refractivity contribution < 1.29 is 4.74 Å². The second-order valence-electron chi connectivity index (χ2n) is 9.56. The predicted molar refractivity (Wildman–Crippen MR) is 126 cm³/mol. The molecule has 1 saturated heterocycles. The number of anilines is 1. The molecule has 2 aliphatic rings. The number of rotatable bonds is 7. The van der Waals surface area contributed by atoms with Crippen molar-refractivity contribution in [2.24, 2.45) is 11.8 Å². The lowest BCUT2D eigenvalue weighted by Crippen LogP contribution is -2.39. The van der Waals surface area contributed by atoms with E-state index in [0.29, 0.717) is 12.0 Å². The van der Waals surface area contributed by atoms with Crippen LogP contribution in [0.5, 0.6) is 0 Å². The first kappa shape index (κ1) is 21.9. The minimum absolute atomic E-state index is 0.465. The topological polar surface area (TPSA) is 53.5 Å². The van der Waals surface area contributed by atoms with Crippen molar-refractivity contribution in [3.63, 3.8) is 0 Å². The SMILES string of the molecule is CC(C)[C@@H](CNc1nc(CN2CCOCC2)nc2sc3c(c12)CC[C@@H](C)C3)N(C)C. The number of nitrogens with one attached hydrogen (secondary N) is 1. The van der Waals surface area contributed by atoms with Gasteiger partial charge in [0.1, 0.15) is 16.5 Å². The van der Waals surface area contributed by atoms with Crippen molar-refractivity contribution in [3.8, 4) is 0 Å². The van der Waals surface area contributed by atoms with Crippen molar-refractivity contribution in [2.75, 3.05) is 52.3 Å². The first-order chi connectivity index (χ1) is 14.4. The van der Waals surface area contributed by atoms with Gasteiger partial charge < -0.3 is 15.0 Å². The number of thiophene rings is 1. The third-order valence-electron chi connectivity index (χ3n) is 6.58. The number of hydrogen-bond donors (Lipinski definition) is 1. The quantitative estimate of drug-likeness (QED) is 0.722. The Morgan fingerprint density at radius 3 is 2.70 bits per heavy atom. The van der Waals surface area contributed by atoms with Crippen LogP contribution in [-0.2, 0) is 24.1 Å². The summed E-state index contributed by atoms with van der Waals surface area (Å²) in [4.78, 5) is 17.5. The van der Waals surface area contributed by atoms with Crippen LogP contribution in [0, 0.1) is 11.8 Å². The average Bonchev–Trinajstić information content (AvgIpc) is 3.05. The molecule has 30 heavy (non-hydrogen) atoms. The Morgan fingerprint density at radius 1 is 1.23 bits per heavy atom. The van der Waals surface area contributed by atoms with E-state index in [-0.39, 0.29) is 0 Å². The number of likely N-dealkylation sites (N-methyl/N-ethyl adjacent to an activating group) is 1. The van der Waals surface area contributed by atoms with E-state index in [1.165, 1.54) is 33.5 Å². The minimum Gasteiger partial charge on any atom is -0.379 e. The molecule has 0 radical (unpaired) electrons. The van der Waals surface area contributed by atoms with E-state index in [1.54, 1.807) is 0 Å². The van der Waals surface area contributed by atoms with Crippen LogP contribution in [0.15, 0.2) is 0 Å². The van der Waals surface area contributed by atoms with Gasteiger partial charge in [-0.25, -0.2) is 9.97 Å². The zero-order valence-electron chi connectivity index (χ0n) is 19.2. The molecule has 1 aliphatic carbocycles. The van der Waals surface area contributed by atoms with Crippen LogP contribution in [0.2, 0.25) is 0 Å². The molecular weight excluding hydrogens is 394 g/mol. The molecule has 2 aromatic rings. The highest BCUT2D eigenvalue weighted by molar-refractivity contribution is 7.19. The first-order valence-electron chi connectivity index (χ1n) is 11.4. The normalized spacial score (nSPS) is 21.4. The van der Waals surface area contributed by atoms with E-state index in [0.717, 1.165) is 63.4 Å². The number of aromatic nitrogens is 2. The molecule has 1 aliphatic heterocycles. The summed E-state index contributed by atoms with van der Waals surface area (Å²) in [6, 6.07) is 0.465. The number of fused-ring (bicyclic) bond motifs is 3. The van der Waals surface area contributed by atoms with Gasteiger partial charge in [-0.15, -0.1) is 11.3 Å². The molecule has 0 spiro atoms. The maximum absolute atomic E-state index is 5.51. The lowest BCUT2D eigenvalue weighted by atomic mass is 9.89. The molecule has 0 amide bonds. The predicted octanol–water partition coefficient (Wildman–Crippen LogP) is 3.65. The summed E-state index contributed by atoms with van der Waals surface area (Å²) in [6.07, 6.45) is 3.60. The fraction of sp³-hybridized carbons (Fsp3) is 0.739. The number of hydrogen-bond acceptors (Lipinski definition) is 7. The first-order valence-corrected chi connectivity index (χ1v) is 12.3. The third kappa shape index (κ3) is 4.79. The summed E-state index contributed by atoms with van der Waals surface area (Å²) in [5, 5.41) is 5.03. The molecule has 2 atom stereocenters. The summed E-state index contributed by atoms with van der Waals surface area (Å²) in [6.45, 7) is 12.2. The number of ether oxygens (including phenoxy) is 1. The zero-order valence-corrected chi connectivity index (χ0v) is 20.0. The molecule has 166 valence electrons. The summed E-state index contributed by atoms with van der Waals surface area (Å²) in [5.41, 5.74) is 1.50. The van der Waals surface area contributed by atoms with Gasteiger partial charge in [0.15, 0.2) is 0 Å². The maximum atomic E-state index is 5.51. The molecule has 0 bridgehead atoms. The monoisotopic (exact) mass is 431 g/mol. The van der Waals surface area contributed by atoms with Crippen molar-refractivity contribution >= 4 is 27.4 Å². The van der Waals surface area contributed by atoms with E-state index >= 15 is 0 Å². The van der Waals surface area contributed by atoms with E-state index in [4.69, 9.17) is 14.7 Å². The van der Waals surface area contributed by atoms with Gasteiger partial charge in [-0.05, 0) is 50.8 Å². The highest BCUT2D eigenvalue weighted by Crippen LogP contribution is 2.40. The standard InChI is InChI=1S/C23H37N5OS/c1-15(2)18(27(4)5)13-24-22-21-17-7-6-16(3)12-19(17)30-23(21)26-20(25-22)14-28-8-10-29-11-9-28/h15-16,18H,6-14H2,1-5H3,(H,24,25,26)/t16-,18-/m1/s1. The smallest absolute Gasteiger partial charge is 0.146 e. The molecule has 0 unspecified atom stereocenters. The van der Waals surface area contributed by atoms with Gasteiger partial charge in [-0.2, -0.15) is 0 Å². The average molecular weight is 432 g/mol. The number of morpholine rings is 1. The van der Waals surface area contributed by atoms with Crippen LogP contribution in [0.3, 0.4) is 0 Å². The van der Waals surface area contributed by atoms with Gasteiger partial charge in [0.25, 0.3) is 0 Å². The van der Waals surface area contributed by atoms with Crippen LogP contribution in [-0.4, -0.2) is 72.8 Å². The van der Waals surface area contributed by atoms with E-state index in [9.17, 15) is 0 Å². The molecule has 1 fully saturated rings. The van der Waals surface area contributed by atoms with Crippen LogP contribution in [0.1, 0.15) is 43.5 Å². The minimum atomic E-state index is 0.465. The Labute approximate surface area is 185 Å². The summed E-state index contributed by atoms with van der Waals surface area (Å²) in [5.74, 6) is 3.32. The Kier molecular flexibility index (Phi) is 6.92. The van der Waals surface area contributed by atoms with Crippen molar-refractivity contribution in [2.45, 2.75) is 52.6 Å². The van der Waals surface area contributed by atoms with Crippen molar-refractivity contribution in [3.05, 3.63) is 16.3 Å². The Hall–Kier alpha value is -1.28. The summed E-state index contributed by atoms with van der Waals surface area (Å²) in [7, 11) is 4.33. The lowest BCUT2D eigenvalue weighted by Gasteiger charge is -2.29. The maximum Gasteiger partial charge on any atom is 0.146 e. The third-order valence-corrected chi connectivity index (χ3v) is 7.73. The van der Waals surface area contributed by atoms with E-state index in [2.05, 4.69) is 50.0 Å². The fourth-order valence-electron chi connectivity index (χ4n) is 4.76. The van der Waals surface area contributed by atoms with Gasteiger partial charge >= 0.3 is 0 Å². The van der Waals surface area contributed by atoms with Crippen molar-refractivity contribution in [1.29, 1.82) is 0 Å². The van der Waals surface area contributed by atoms with Gasteiger partial charge in [0.2, 0.25) is 0 Å². The van der Waals surface area contributed by atoms with Gasteiger partial charge in [0.05, 0.1) is 25.1 Å². The molecule has 0 aromatic carbocycles. The van der Waals surface area contributed by atoms with E-state index in [1.807, 2.05) is 11.3 Å². The van der Waals surface area contributed by atoms with E-state index < -0.39 is 0 Å². The largest absolute Gasteiger partial charge is 0.379 e. The highest BCUT2D eigenvalue weighted by atomic mass is 32.1. The molecule has 1 N–H and O–H groups in total. The van der Waals surface area contributed by atoms with Gasteiger partial charge in [-0.3, -0.25) is 4.90 Å². The highest BCUT2D eigenvalue weighted by Gasteiger charge is 2.25. The van der Waals surface area contributed by atoms with Crippen LogP contribution in [0.4, 0.5) is 5.82 Å². The summed E-state index contributed by atoms with van der Waals surface area (Å²) < 4.78 is 5.51. The molecule has 3 heterocycles. The van der Waals surface area contributed by atoms with Crippen LogP contribution >= 0.6 is 11.3 Å². The lowest BCUT2D eigenvalue weighted by molar-refractivity contribution is 0.0331. The molecule has 6 nitrogen and oxygen atoms in total. The Bertz CT molecular complexity index is 851. The molecule has 7 heteroatoms. The number of nitrogens with zero attached hydrogens (tertiary/aromatic N) is 4. The fourth-order valence-corrected chi connectivity index (χ4v) is 6.16. The second-order valence-corrected chi connectivity index (χ2v) is 10.6. The molecule has 0 saturated carbocycles. The second kappa shape index (κ2) is 9.47. The van der Waals surface area contributed by atoms with Crippen molar-refractivity contribution in [1.82, 2.24) is 19.8 Å². The Morgan fingerprint density at radius 2 is 2.00 bits per heavy atom. The van der Waals surface area contributed by atoms with Gasteiger partial charge in [-0.1, -0.05) is 20.8 Å². The Balaban J connectivity index is 1.67. The molecular formula is C23H37N5OS. The summed E-state index contributed by atoms with van der Waals surface area (Å²) >= 11 is 1.90. The van der Waals surface area contributed by atoms with Crippen LogP contribution in [0.25, 0.3) is 10.2 Å². The zero-order chi connectivity index (χ0) is 21.3. The van der Waals surface area contributed by atoms with Gasteiger partial charge in [0, 0.05) is 30.6 Å². The number of aryl methyl sites for hydroxylation is 1. The molecule has 2 aromatic heterocycles. The molecule has 4 rings (SSSR count).